The van der Waals surface area contributed by atoms with Gasteiger partial charge in [-0.2, -0.15) is 0 Å². The zero-order valence-corrected chi connectivity index (χ0v) is 15.4. The van der Waals surface area contributed by atoms with Crippen LogP contribution in [0.5, 0.6) is 0 Å². The molecular weight excluding hydrogens is 381 g/mol. The zero-order chi connectivity index (χ0) is 18.2. The van der Waals surface area contributed by atoms with E-state index in [-0.39, 0.29) is 37.6 Å². The molecule has 2 unspecified atom stereocenters. The van der Waals surface area contributed by atoms with Gasteiger partial charge in [-0.3, -0.25) is 4.79 Å². The monoisotopic (exact) mass is 394 g/mol. The van der Waals surface area contributed by atoms with Crippen molar-refractivity contribution in [2.45, 2.75) is 18.5 Å². The number of nitrogens with zero attached hydrogens (tertiary/aromatic N) is 1. The lowest BCUT2D eigenvalue weighted by Gasteiger charge is -2.08. The van der Waals surface area contributed by atoms with Crippen molar-refractivity contribution in [2.75, 3.05) is 21.2 Å². The third kappa shape index (κ3) is 3.67. The Morgan fingerprint density at radius 2 is 1.67 bits per heavy atom. The number of carbonyl (C=O) groups excluding carboxylic acids is 3. The molecule has 1 saturated heterocycles. The third-order valence-corrected chi connectivity index (χ3v) is 4.91. The van der Waals surface area contributed by atoms with E-state index in [4.69, 9.17) is 39.5 Å². The van der Waals surface area contributed by atoms with Gasteiger partial charge in [0.1, 0.15) is 6.42 Å². The molecule has 1 aromatic rings. The summed E-state index contributed by atoms with van der Waals surface area (Å²) in [7, 11) is 4.78. The SMILES string of the molecule is COC(=O)CC1C(C(=O)OC(=O)c2c(Cl)cc(Cl)cc2Cl)[N+]1(C)C. The van der Waals surface area contributed by atoms with Crippen LogP contribution >= 0.6 is 34.8 Å². The zero-order valence-electron chi connectivity index (χ0n) is 13.1. The van der Waals surface area contributed by atoms with Crippen molar-refractivity contribution < 1.29 is 28.3 Å². The van der Waals surface area contributed by atoms with Crippen molar-refractivity contribution in [2.24, 2.45) is 0 Å². The minimum atomic E-state index is -0.963. The molecule has 0 spiro atoms. The first kappa shape index (κ1) is 19.0. The molecule has 0 radical (unpaired) electrons. The number of quaternary nitrogens is 1. The number of methoxy groups -OCH3 is 1. The van der Waals surface area contributed by atoms with Crippen LogP contribution in [0.25, 0.3) is 0 Å². The second-order valence-electron chi connectivity index (χ2n) is 5.87. The summed E-state index contributed by atoms with van der Waals surface area (Å²) < 4.78 is 9.71. The summed E-state index contributed by atoms with van der Waals surface area (Å²) in [5.41, 5.74) is -0.133. The first-order valence-electron chi connectivity index (χ1n) is 6.90. The van der Waals surface area contributed by atoms with E-state index in [9.17, 15) is 14.4 Å². The molecule has 1 heterocycles. The molecule has 0 aromatic heterocycles. The molecular formula is C15H15Cl3NO5+. The highest BCUT2D eigenvalue weighted by Gasteiger charge is 2.67. The van der Waals surface area contributed by atoms with Crippen molar-refractivity contribution in [3.63, 3.8) is 0 Å². The molecule has 6 nitrogen and oxygen atoms in total. The fraction of sp³-hybridized carbons (Fsp3) is 0.400. The van der Waals surface area contributed by atoms with Gasteiger partial charge in [-0.05, 0) is 12.1 Å². The number of halogens is 3. The van der Waals surface area contributed by atoms with Gasteiger partial charge in [0.05, 0.1) is 36.8 Å². The van der Waals surface area contributed by atoms with Gasteiger partial charge in [0.15, 0.2) is 6.04 Å². The van der Waals surface area contributed by atoms with E-state index in [0.717, 1.165) is 0 Å². The minimum Gasteiger partial charge on any atom is -0.469 e. The van der Waals surface area contributed by atoms with Crippen molar-refractivity contribution >= 4 is 52.7 Å². The maximum absolute atomic E-state index is 12.3. The lowest BCUT2D eigenvalue weighted by atomic mass is 10.2. The van der Waals surface area contributed by atoms with Gasteiger partial charge < -0.3 is 14.0 Å². The first-order valence-corrected chi connectivity index (χ1v) is 8.03. The van der Waals surface area contributed by atoms with E-state index in [1.807, 2.05) is 0 Å². The predicted molar refractivity (Wildman–Crippen MR) is 88.2 cm³/mol. The molecule has 1 fully saturated rings. The molecule has 2 atom stereocenters. The molecule has 2 rings (SSSR count). The lowest BCUT2D eigenvalue weighted by molar-refractivity contribution is -0.778. The number of ether oxygens (including phenoxy) is 2. The molecule has 0 aliphatic carbocycles. The molecule has 0 amide bonds. The molecule has 1 aromatic carbocycles. The van der Waals surface area contributed by atoms with Gasteiger partial charge in [-0.15, -0.1) is 0 Å². The van der Waals surface area contributed by atoms with Crippen LogP contribution < -0.4 is 0 Å². The summed E-state index contributed by atoms with van der Waals surface area (Å²) in [6, 6.07) is 1.70. The summed E-state index contributed by atoms with van der Waals surface area (Å²) in [5, 5.41) is 0.230. The summed E-state index contributed by atoms with van der Waals surface area (Å²) in [6.07, 6.45) is 0.0555. The summed E-state index contributed by atoms with van der Waals surface area (Å²) in [4.78, 5) is 35.8. The van der Waals surface area contributed by atoms with E-state index in [1.165, 1.54) is 19.2 Å². The molecule has 0 N–H and O–H groups in total. The second kappa shape index (κ2) is 6.88. The number of hydrogen-bond acceptors (Lipinski definition) is 5. The van der Waals surface area contributed by atoms with Gasteiger partial charge in [-0.1, -0.05) is 34.8 Å². The Kier molecular flexibility index (Phi) is 5.44. The van der Waals surface area contributed by atoms with Gasteiger partial charge in [-0.25, -0.2) is 9.59 Å². The second-order valence-corrected chi connectivity index (χ2v) is 7.13. The van der Waals surface area contributed by atoms with Crippen LogP contribution in [0.3, 0.4) is 0 Å². The maximum Gasteiger partial charge on any atom is 0.379 e. The van der Waals surface area contributed by atoms with Crippen LogP contribution in [-0.4, -0.2) is 55.7 Å². The fourth-order valence-corrected chi connectivity index (χ4v) is 3.59. The Hall–Kier alpha value is -1.34. The highest BCUT2D eigenvalue weighted by atomic mass is 35.5. The Morgan fingerprint density at radius 3 is 2.17 bits per heavy atom. The summed E-state index contributed by atoms with van der Waals surface area (Å²) >= 11 is 17.6. The largest absolute Gasteiger partial charge is 0.469 e. The highest BCUT2D eigenvalue weighted by molar-refractivity contribution is 6.42. The van der Waals surface area contributed by atoms with Crippen LogP contribution in [-0.2, 0) is 19.1 Å². The smallest absolute Gasteiger partial charge is 0.379 e. The van der Waals surface area contributed by atoms with Gasteiger partial charge in [0.25, 0.3) is 0 Å². The van der Waals surface area contributed by atoms with E-state index in [2.05, 4.69) is 4.74 Å². The summed E-state index contributed by atoms with van der Waals surface area (Å²) in [5.74, 6) is -2.15. The normalized spacial score (nSPS) is 21.1. The van der Waals surface area contributed by atoms with Crippen molar-refractivity contribution in [3.05, 3.63) is 32.8 Å². The Balaban J connectivity index is 2.11. The van der Waals surface area contributed by atoms with E-state index in [1.54, 1.807) is 14.1 Å². The molecule has 1 aliphatic heterocycles. The van der Waals surface area contributed by atoms with E-state index in [0.29, 0.717) is 0 Å². The Morgan fingerprint density at radius 1 is 1.12 bits per heavy atom. The Labute approximate surface area is 153 Å². The van der Waals surface area contributed by atoms with Crippen LogP contribution in [0, 0.1) is 0 Å². The molecule has 1 aliphatic rings. The third-order valence-electron chi connectivity index (χ3n) is 4.10. The molecule has 0 bridgehead atoms. The quantitative estimate of drug-likeness (QED) is 0.339. The number of esters is 3. The van der Waals surface area contributed by atoms with Crippen LogP contribution in [0.1, 0.15) is 16.8 Å². The average Bonchev–Trinajstić information content (AvgIpc) is 2.98. The molecule has 130 valence electrons. The van der Waals surface area contributed by atoms with Crippen LogP contribution in [0.15, 0.2) is 12.1 Å². The Bertz CT molecular complexity index is 696. The van der Waals surface area contributed by atoms with E-state index >= 15 is 0 Å². The van der Waals surface area contributed by atoms with Crippen molar-refractivity contribution in [3.8, 4) is 0 Å². The van der Waals surface area contributed by atoms with Gasteiger partial charge in [0, 0.05) is 5.02 Å². The minimum absolute atomic E-state index is 0.0130. The van der Waals surface area contributed by atoms with Crippen LogP contribution in [0.2, 0.25) is 15.1 Å². The number of benzene rings is 1. The fourth-order valence-electron chi connectivity index (χ4n) is 2.62. The number of rotatable bonds is 4. The van der Waals surface area contributed by atoms with E-state index < -0.39 is 23.9 Å². The van der Waals surface area contributed by atoms with Gasteiger partial charge in [0.2, 0.25) is 6.04 Å². The van der Waals surface area contributed by atoms with Crippen molar-refractivity contribution in [1.82, 2.24) is 0 Å². The molecule has 0 saturated carbocycles. The van der Waals surface area contributed by atoms with Crippen LogP contribution in [0.4, 0.5) is 0 Å². The molecule has 9 heteroatoms. The predicted octanol–water partition coefficient (Wildman–Crippen LogP) is 2.72. The first-order chi connectivity index (χ1) is 11.1. The average molecular weight is 396 g/mol. The number of hydrogen-bond donors (Lipinski definition) is 0. The maximum atomic E-state index is 12.3. The summed E-state index contributed by atoms with van der Waals surface area (Å²) in [6.45, 7) is 0. The highest BCUT2D eigenvalue weighted by Crippen LogP contribution is 2.39. The van der Waals surface area contributed by atoms with Crippen molar-refractivity contribution in [1.29, 1.82) is 0 Å². The topological polar surface area (TPSA) is 69.7 Å². The standard InChI is InChI=1S/C15H15Cl3NO5/c1-19(2)10(6-11(20)23-3)13(19)15(22)24-14(21)12-8(17)4-7(16)5-9(12)18/h4-5,10,13H,6H2,1-3H3/q+1. The number of carbonyl (C=O) groups is 3. The van der Waals surface area contributed by atoms with Gasteiger partial charge >= 0.3 is 17.9 Å². The number of likely N-dealkylation sites (N-methyl/N-ethyl adjacent to an activating group) is 1. The lowest BCUT2D eigenvalue weighted by Crippen LogP contribution is -2.26. The molecule has 24 heavy (non-hydrogen) atoms.